The van der Waals surface area contributed by atoms with E-state index in [0.717, 1.165) is 4.57 Å². The summed E-state index contributed by atoms with van der Waals surface area (Å²) in [7, 11) is 2.96. The monoisotopic (exact) mass is 459 g/mol. The highest BCUT2D eigenvalue weighted by atomic mass is 35.5. The first-order valence-electron chi connectivity index (χ1n) is 9.91. The number of fused-ring (bicyclic) bond motifs is 3. The lowest BCUT2D eigenvalue weighted by Crippen LogP contribution is -2.37. The van der Waals surface area contributed by atoms with Crippen molar-refractivity contribution in [1.29, 1.82) is 0 Å². The zero-order valence-corrected chi connectivity index (χ0v) is 18.0. The van der Waals surface area contributed by atoms with E-state index in [9.17, 15) is 19.1 Å². The lowest BCUT2D eigenvalue weighted by Gasteiger charge is -2.31. The van der Waals surface area contributed by atoms with E-state index in [1.807, 2.05) is 0 Å². The van der Waals surface area contributed by atoms with E-state index in [4.69, 9.17) is 20.8 Å². The Morgan fingerprint density at radius 1 is 1.19 bits per heavy atom. The molecule has 5 rings (SSSR count). The molecule has 0 unspecified atom stereocenters. The van der Waals surface area contributed by atoms with Crippen LogP contribution in [0.5, 0.6) is 0 Å². The van der Waals surface area contributed by atoms with Crippen LogP contribution >= 0.6 is 11.6 Å². The Bertz CT molecular complexity index is 1480. The second-order valence-electron chi connectivity index (χ2n) is 7.75. The Hall–Kier alpha value is -3.14. The smallest absolute Gasteiger partial charge is 0.331 e. The van der Waals surface area contributed by atoms with Gasteiger partial charge in [0.2, 0.25) is 0 Å². The maximum atomic E-state index is 14.2. The van der Waals surface area contributed by atoms with Gasteiger partial charge in [-0.2, -0.15) is 0 Å². The van der Waals surface area contributed by atoms with Crippen molar-refractivity contribution in [2.24, 2.45) is 14.1 Å². The van der Waals surface area contributed by atoms with Crippen molar-refractivity contribution < 1.29 is 18.7 Å². The van der Waals surface area contributed by atoms with E-state index in [1.165, 1.54) is 23.7 Å². The normalized spacial score (nSPS) is 18.3. The topological polar surface area (TPSA) is 91.5 Å². The molecule has 1 aromatic carbocycles. The lowest BCUT2D eigenvalue weighted by atomic mass is 10.1. The molecule has 0 saturated carbocycles. The summed E-state index contributed by atoms with van der Waals surface area (Å²) < 4.78 is 30.0. The number of hydrogen-bond donors (Lipinski definition) is 1. The molecule has 32 heavy (non-hydrogen) atoms. The number of aliphatic hydroxyl groups excluding tert-OH is 1. The molecule has 2 atom stereocenters. The summed E-state index contributed by atoms with van der Waals surface area (Å²) >= 11 is 5.99. The van der Waals surface area contributed by atoms with E-state index in [-0.39, 0.29) is 23.8 Å². The molecule has 10 heteroatoms. The van der Waals surface area contributed by atoms with Gasteiger partial charge >= 0.3 is 5.69 Å². The van der Waals surface area contributed by atoms with E-state index >= 15 is 0 Å². The van der Waals surface area contributed by atoms with Gasteiger partial charge in [-0.1, -0.05) is 12.1 Å². The standard InChI is InChI=1S/C22H19ClFN3O5/c1-25-18-16(21(29)26(2)22(25)30)17(11-4-3-5-12(24)8-11)27-9-13(10-28)31-20(19(18)27)14-6-7-15(23)32-14/h3-8,13,20,28H,9-10H2,1-2H3/t13-,20+/m1/s1. The lowest BCUT2D eigenvalue weighted by molar-refractivity contribution is -0.0589. The minimum Gasteiger partial charge on any atom is -0.446 e. The van der Waals surface area contributed by atoms with Crippen LogP contribution in [0.2, 0.25) is 5.22 Å². The summed E-state index contributed by atoms with van der Waals surface area (Å²) in [6.45, 7) is -0.104. The van der Waals surface area contributed by atoms with Crippen molar-refractivity contribution in [3.8, 4) is 11.3 Å². The minimum absolute atomic E-state index is 0.146. The molecule has 0 fully saturated rings. The summed E-state index contributed by atoms with van der Waals surface area (Å²) in [4.78, 5) is 26.1. The molecule has 0 aliphatic carbocycles. The van der Waals surface area contributed by atoms with E-state index in [1.54, 1.807) is 35.9 Å². The van der Waals surface area contributed by atoms with E-state index < -0.39 is 29.3 Å². The number of hydrogen-bond acceptors (Lipinski definition) is 5. The molecule has 0 saturated heterocycles. The number of furan rings is 1. The first-order valence-corrected chi connectivity index (χ1v) is 10.3. The van der Waals surface area contributed by atoms with Crippen molar-refractivity contribution in [1.82, 2.24) is 13.7 Å². The number of halogens is 2. The molecule has 8 nitrogen and oxygen atoms in total. The molecule has 0 amide bonds. The van der Waals surface area contributed by atoms with Crippen LogP contribution in [0.25, 0.3) is 22.2 Å². The van der Waals surface area contributed by atoms with Crippen LogP contribution in [0.4, 0.5) is 4.39 Å². The molecule has 0 radical (unpaired) electrons. The van der Waals surface area contributed by atoms with Crippen molar-refractivity contribution >= 4 is 22.5 Å². The van der Waals surface area contributed by atoms with Gasteiger partial charge in [-0.05, 0) is 35.9 Å². The maximum absolute atomic E-state index is 14.2. The van der Waals surface area contributed by atoms with Crippen molar-refractivity contribution in [3.05, 3.63) is 79.7 Å². The highest BCUT2D eigenvalue weighted by Gasteiger charge is 2.37. The molecule has 1 aliphatic heterocycles. The predicted molar refractivity (Wildman–Crippen MR) is 115 cm³/mol. The highest BCUT2D eigenvalue weighted by molar-refractivity contribution is 6.28. The number of benzene rings is 1. The average molecular weight is 460 g/mol. The molecule has 166 valence electrons. The summed E-state index contributed by atoms with van der Waals surface area (Å²) in [5, 5.41) is 10.3. The fourth-order valence-electron chi connectivity index (χ4n) is 4.41. The number of ether oxygens (including phenoxy) is 1. The van der Waals surface area contributed by atoms with E-state index in [0.29, 0.717) is 28.2 Å². The Kier molecular flexibility index (Phi) is 4.85. The summed E-state index contributed by atoms with van der Waals surface area (Å²) in [6.07, 6.45) is -1.48. The Balaban J connectivity index is 1.97. The number of aromatic nitrogens is 3. The van der Waals surface area contributed by atoms with Crippen LogP contribution in [0.3, 0.4) is 0 Å². The predicted octanol–water partition coefficient (Wildman–Crippen LogP) is 2.57. The Labute approximate surface area is 185 Å². The Morgan fingerprint density at radius 3 is 2.62 bits per heavy atom. The third-order valence-corrected chi connectivity index (χ3v) is 6.03. The first-order chi connectivity index (χ1) is 15.3. The van der Waals surface area contributed by atoms with Gasteiger partial charge in [0, 0.05) is 19.7 Å². The van der Waals surface area contributed by atoms with Crippen LogP contribution in [0.15, 0.2) is 50.4 Å². The van der Waals surface area contributed by atoms with Crippen molar-refractivity contribution in [3.63, 3.8) is 0 Å². The van der Waals surface area contributed by atoms with Crippen LogP contribution in [0, 0.1) is 5.82 Å². The van der Waals surface area contributed by atoms with Gasteiger partial charge in [0.15, 0.2) is 11.3 Å². The number of rotatable bonds is 3. The zero-order valence-electron chi connectivity index (χ0n) is 17.2. The van der Waals surface area contributed by atoms with Gasteiger partial charge in [0.25, 0.3) is 5.56 Å². The molecule has 4 aromatic rings. The highest BCUT2D eigenvalue weighted by Crippen LogP contribution is 2.42. The van der Waals surface area contributed by atoms with Crippen LogP contribution in [-0.4, -0.2) is 31.5 Å². The summed E-state index contributed by atoms with van der Waals surface area (Å²) in [5.41, 5.74) is 0.726. The summed E-state index contributed by atoms with van der Waals surface area (Å²) in [6, 6.07) is 9.08. The molecule has 1 aliphatic rings. The molecule has 4 heterocycles. The van der Waals surface area contributed by atoms with Crippen molar-refractivity contribution in [2.45, 2.75) is 18.8 Å². The Morgan fingerprint density at radius 2 is 1.97 bits per heavy atom. The quantitative estimate of drug-likeness (QED) is 0.508. The van der Waals surface area contributed by atoms with E-state index in [2.05, 4.69) is 0 Å². The van der Waals surface area contributed by atoms with Crippen LogP contribution < -0.4 is 11.2 Å². The molecule has 1 N–H and O–H groups in total. The molecular weight excluding hydrogens is 441 g/mol. The second-order valence-corrected chi connectivity index (χ2v) is 8.12. The van der Waals surface area contributed by atoms with Gasteiger partial charge in [0.1, 0.15) is 11.6 Å². The van der Waals surface area contributed by atoms with Gasteiger partial charge in [0.05, 0.1) is 41.5 Å². The SMILES string of the molecule is Cn1c(=O)c2c(-c3cccc(F)c3)n3c(c2n(C)c1=O)[C@H](c1ccc(Cl)o1)O[C@@H](CO)C3. The zero-order chi connectivity index (χ0) is 22.7. The molecule has 3 aromatic heterocycles. The van der Waals surface area contributed by atoms with Gasteiger partial charge in [-0.25, -0.2) is 9.18 Å². The fraction of sp³-hybridized carbons (Fsp3) is 0.273. The van der Waals surface area contributed by atoms with Gasteiger partial charge < -0.3 is 18.8 Å². The molecular formula is C22H19ClFN3O5. The number of aliphatic hydroxyl groups is 1. The van der Waals surface area contributed by atoms with Crippen LogP contribution in [-0.2, 0) is 25.4 Å². The fourth-order valence-corrected chi connectivity index (χ4v) is 4.56. The number of nitrogens with zero attached hydrogens (tertiary/aromatic N) is 3. The maximum Gasteiger partial charge on any atom is 0.331 e. The summed E-state index contributed by atoms with van der Waals surface area (Å²) in [5.74, 6) is -0.110. The largest absolute Gasteiger partial charge is 0.446 e. The average Bonchev–Trinajstić information content (AvgIpc) is 3.37. The third kappa shape index (κ3) is 2.96. The van der Waals surface area contributed by atoms with Crippen molar-refractivity contribution in [2.75, 3.05) is 6.61 Å². The van der Waals surface area contributed by atoms with Gasteiger partial charge in [-0.15, -0.1) is 0 Å². The molecule has 0 spiro atoms. The minimum atomic E-state index is -0.851. The number of aryl methyl sites for hydroxylation is 1. The van der Waals surface area contributed by atoms with Gasteiger partial charge in [-0.3, -0.25) is 13.9 Å². The molecule has 0 bridgehead atoms. The van der Waals surface area contributed by atoms with Crippen LogP contribution in [0.1, 0.15) is 17.6 Å². The third-order valence-electron chi connectivity index (χ3n) is 5.82. The first kappa shape index (κ1) is 20.7. The second kappa shape index (κ2) is 7.47.